The van der Waals surface area contributed by atoms with E-state index in [-0.39, 0.29) is 0 Å². The summed E-state index contributed by atoms with van der Waals surface area (Å²) in [5.41, 5.74) is 2.04. The molecule has 1 fully saturated rings. The van der Waals surface area contributed by atoms with Crippen molar-refractivity contribution in [2.24, 2.45) is 5.41 Å². The molecule has 0 radical (unpaired) electrons. The highest BCUT2D eigenvalue weighted by Gasteiger charge is 2.35. The monoisotopic (exact) mass is 231 g/mol. The summed E-state index contributed by atoms with van der Waals surface area (Å²) >= 11 is 0. The van der Waals surface area contributed by atoms with Gasteiger partial charge in [-0.25, -0.2) is 0 Å². The topological polar surface area (TPSA) is 12.0 Å². The first-order valence-electron chi connectivity index (χ1n) is 7.08. The van der Waals surface area contributed by atoms with Crippen LogP contribution < -0.4 is 5.32 Å². The second-order valence-electron chi connectivity index (χ2n) is 5.46. The van der Waals surface area contributed by atoms with Crippen LogP contribution in [0.3, 0.4) is 0 Å². The average Bonchev–Trinajstić information content (AvgIpc) is 2.34. The van der Waals surface area contributed by atoms with E-state index in [9.17, 15) is 0 Å². The van der Waals surface area contributed by atoms with E-state index < -0.39 is 0 Å². The number of hydrogen-bond acceptors (Lipinski definition) is 1. The Bertz CT molecular complexity index is 321. The van der Waals surface area contributed by atoms with Crippen molar-refractivity contribution in [3.63, 3.8) is 0 Å². The molecule has 94 valence electrons. The van der Waals surface area contributed by atoms with Crippen molar-refractivity contribution < 1.29 is 0 Å². The lowest BCUT2D eigenvalue weighted by atomic mass is 9.67. The molecule has 1 saturated carbocycles. The van der Waals surface area contributed by atoms with Gasteiger partial charge in [0.25, 0.3) is 0 Å². The van der Waals surface area contributed by atoms with Gasteiger partial charge in [0.05, 0.1) is 0 Å². The van der Waals surface area contributed by atoms with Gasteiger partial charge in [0, 0.05) is 12.6 Å². The molecule has 0 aromatic heterocycles. The third-order valence-electron chi connectivity index (χ3n) is 4.50. The van der Waals surface area contributed by atoms with E-state index in [1.54, 1.807) is 0 Å². The molecule has 1 heteroatoms. The molecule has 1 unspecified atom stereocenters. The number of hydrogen-bond donors (Lipinski definition) is 1. The Hall–Kier alpha value is -0.820. The van der Waals surface area contributed by atoms with Crippen molar-refractivity contribution in [2.75, 3.05) is 6.54 Å². The predicted octanol–water partition coefficient (Wildman–Crippen LogP) is 4.31. The molecule has 1 nitrogen and oxygen atoms in total. The van der Waals surface area contributed by atoms with E-state index in [1.165, 1.54) is 44.2 Å². The lowest BCUT2D eigenvalue weighted by molar-refractivity contribution is 0.118. The van der Waals surface area contributed by atoms with Gasteiger partial charge in [-0.3, -0.25) is 0 Å². The van der Waals surface area contributed by atoms with Crippen molar-refractivity contribution in [3.8, 4) is 0 Å². The number of rotatable bonds is 6. The minimum Gasteiger partial charge on any atom is -0.309 e. The summed E-state index contributed by atoms with van der Waals surface area (Å²) in [5.74, 6) is 0. The molecule has 1 aliphatic carbocycles. The standard InChI is InChI=1S/C16H25N/c1-3-15(14-9-6-5-7-10-14)17-13-16(4-2)11-8-12-16/h5-7,9-10,15,17H,3-4,8,11-13H2,1-2H3. The molecular weight excluding hydrogens is 206 g/mol. The summed E-state index contributed by atoms with van der Waals surface area (Å²) in [6.07, 6.45) is 6.76. The van der Waals surface area contributed by atoms with Crippen LogP contribution in [-0.2, 0) is 0 Å². The van der Waals surface area contributed by atoms with Gasteiger partial charge >= 0.3 is 0 Å². The third kappa shape index (κ3) is 2.90. The molecular formula is C16H25N. The van der Waals surface area contributed by atoms with Gasteiger partial charge in [-0.15, -0.1) is 0 Å². The highest BCUT2D eigenvalue weighted by atomic mass is 14.9. The molecule has 1 atom stereocenters. The van der Waals surface area contributed by atoms with Gasteiger partial charge in [-0.05, 0) is 36.7 Å². The molecule has 1 aromatic carbocycles. The fourth-order valence-corrected chi connectivity index (χ4v) is 2.86. The molecule has 1 aromatic rings. The minimum atomic E-state index is 0.528. The highest BCUT2D eigenvalue weighted by Crippen LogP contribution is 2.43. The zero-order valence-corrected chi connectivity index (χ0v) is 11.2. The van der Waals surface area contributed by atoms with Crippen LogP contribution >= 0.6 is 0 Å². The molecule has 0 aliphatic heterocycles. The van der Waals surface area contributed by atoms with Crippen molar-refractivity contribution in [1.82, 2.24) is 5.32 Å². The van der Waals surface area contributed by atoms with E-state index in [0.29, 0.717) is 11.5 Å². The quantitative estimate of drug-likeness (QED) is 0.769. The van der Waals surface area contributed by atoms with Crippen LogP contribution in [0, 0.1) is 5.41 Å². The van der Waals surface area contributed by atoms with E-state index in [2.05, 4.69) is 49.5 Å². The number of benzene rings is 1. The molecule has 1 aliphatic rings. The summed E-state index contributed by atoms with van der Waals surface area (Å²) in [6, 6.07) is 11.4. The van der Waals surface area contributed by atoms with Crippen LogP contribution in [0.2, 0.25) is 0 Å². The first-order chi connectivity index (χ1) is 8.29. The van der Waals surface area contributed by atoms with Crippen LogP contribution in [0.1, 0.15) is 57.6 Å². The van der Waals surface area contributed by atoms with Gasteiger partial charge in [-0.1, -0.05) is 50.6 Å². The van der Waals surface area contributed by atoms with E-state index in [4.69, 9.17) is 0 Å². The summed E-state index contributed by atoms with van der Waals surface area (Å²) in [5, 5.41) is 3.78. The normalized spacial score (nSPS) is 19.6. The van der Waals surface area contributed by atoms with Crippen molar-refractivity contribution in [1.29, 1.82) is 0 Å². The van der Waals surface area contributed by atoms with Gasteiger partial charge in [0.15, 0.2) is 0 Å². The van der Waals surface area contributed by atoms with Gasteiger partial charge < -0.3 is 5.32 Å². The fourth-order valence-electron chi connectivity index (χ4n) is 2.86. The third-order valence-corrected chi connectivity index (χ3v) is 4.50. The highest BCUT2D eigenvalue weighted by molar-refractivity contribution is 5.18. The molecule has 0 bridgehead atoms. The minimum absolute atomic E-state index is 0.528. The fraction of sp³-hybridized carbons (Fsp3) is 0.625. The average molecular weight is 231 g/mol. The Kier molecular flexibility index (Phi) is 4.22. The van der Waals surface area contributed by atoms with Crippen LogP contribution in [0.4, 0.5) is 0 Å². The summed E-state index contributed by atoms with van der Waals surface area (Å²) < 4.78 is 0. The number of nitrogens with one attached hydrogen (secondary N) is 1. The smallest absolute Gasteiger partial charge is 0.0317 e. The lowest BCUT2D eigenvalue weighted by Gasteiger charge is -2.42. The second-order valence-corrected chi connectivity index (χ2v) is 5.46. The van der Waals surface area contributed by atoms with Crippen LogP contribution in [0.25, 0.3) is 0 Å². The first-order valence-corrected chi connectivity index (χ1v) is 7.08. The molecule has 0 amide bonds. The predicted molar refractivity (Wildman–Crippen MR) is 74.1 cm³/mol. The SMILES string of the molecule is CCC(NCC1(CC)CCC1)c1ccccc1. The van der Waals surface area contributed by atoms with Crippen molar-refractivity contribution in [2.45, 2.75) is 52.0 Å². The zero-order chi connectivity index (χ0) is 12.1. The maximum Gasteiger partial charge on any atom is 0.0317 e. The van der Waals surface area contributed by atoms with E-state index >= 15 is 0 Å². The largest absolute Gasteiger partial charge is 0.309 e. The molecule has 1 N–H and O–H groups in total. The molecule has 17 heavy (non-hydrogen) atoms. The second kappa shape index (κ2) is 5.68. The Morgan fingerprint density at radius 1 is 1.18 bits per heavy atom. The Labute approximate surface area is 106 Å². The Morgan fingerprint density at radius 2 is 1.88 bits per heavy atom. The van der Waals surface area contributed by atoms with E-state index in [0.717, 1.165) is 0 Å². The van der Waals surface area contributed by atoms with Crippen LogP contribution in [0.5, 0.6) is 0 Å². The molecule has 2 rings (SSSR count). The maximum absolute atomic E-state index is 3.78. The van der Waals surface area contributed by atoms with Gasteiger partial charge in [-0.2, -0.15) is 0 Å². The van der Waals surface area contributed by atoms with Crippen LogP contribution in [0.15, 0.2) is 30.3 Å². The zero-order valence-electron chi connectivity index (χ0n) is 11.2. The summed E-state index contributed by atoms with van der Waals surface area (Å²) in [4.78, 5) is 0. The van der Waals surface area contributed by atoms with Crippen LogP contribution in [-0.4, -0.2) is 6.54 Å². The Morgan fingerprint density at radius 3 is 2.35 bits per heavy atom. The van der Waals surface area contributed by atoms with Gasteiger partial charge in [0.2, 0.25) is 0 Å². The van der Waals surface area contributed by atoms with E-state index in [1.807, 2.05) is 0 Å². The summed E-state index contributed by atoms with van der Waals surface area (Å²) in [6.45, 7) is 5.80. The molecule has 0 saturated heterocycles. The van der Waals surface area contributed by atoms with Crippen molar-refractivity contribution >= 4 is 0 Å². The van der Waals surface area contributed by atoms with Gasteiger partial charge in [0.1, 0.15) is 0 Å². The first kappa shape index (κ1) is 12.6. The lowest BCUT2D eigenvalue weighted by Crippen LogP contribution is -2.40. The summed E-state index contributed by atoms with van der Waals surface area (Å²) in [7, 11) is 0. The molecule has 0 spiro atoms. The maximum atomic E-state index is 3.78. The Balaban J connectivity index is 1.92. The van der Waals surface area contributed by atoms with Crippen molar-refractivity contribution in [3.05, 3.63) is 35.9 Å². The molecule has 0 heterocycles.